The molecule has 4 rings (SSSR count). The van der Waals surface area contributed by atoms with Gasteiger partial charge in [-0.25, -0.2) is 4.39 Å². The second kappa shape index (κ2) is 7.11. The number of hydrogen-bond acceptors (Lipinski definition) is 5. The lowest BCUT2D eigenvalue weighted by molar-refractivity contribution is -0.133. The van der Waals surface area contributed by atoms with Crippen LogP contribution in [0, 0.1) is 11.7 Å². The van der Waals surface area contributed by atoms with Crippen LogP contribution >= 0.6 is 11.3 Å². The number of piperidine rings is 1. The fraction of sp³-hybridized carbons (Fsp3) is 0.444. The SMILES string of the molecule is O=C(Nc1cccc(F)c1)c1nnc([C@@H]2CCCN(C(=O)C3CC3)C2)s1. The van der Waals surface area contributed by atoms with Crippen LogP contribution in [0.5, 0.6) is 0 Å². The van der Waals surface area contributed by atoms with Crippen molar-refractivity contribution in [1.29, 1.82) is 0 Å². The maximum Gasteiger partial charge on any atom is 0.286 e. The number of likely N-dealkylation sites (tertiary alicyclic amines) is 1. The number of nitrogens with one attached hydrogen (secondary N) is 1. The Morgan fingerprint density at radius 3 is 2.85 bits per heavy atom. The summed E-state index contributed by atoms with van der Waals surface area (Å²) in [6.07, 6.45) is 3.88. The second-order valence-electron chi connectivity index (χ2n) is 6.81. The van der Waals surface area contributed by atoms with Crippen molar-refractivity contribution in [3.05, 3.63) is 40.1 Å². The van der Waals surface area contributed by atoms with Crippen LogP contribution in [0.25, 0.3) is 0 Å². The van der Waals surface area contributed by atoms with E-state index in [-0.39, 0.29) is 22.8 Å². The topological polar surface area (TPSA) is 75.2 Å². The number of carbonyl (C=O) groups is 2. The summed E-state index contributed by atoms with van der Waals surface area (Å²) < 4.78 is 13.2. The number of rotatable bonds is 4. The first-order chi connectivity index (χ1) is 12.6. The first-order valence-electron chi connectivity index (χ1n) is 8.79. The van der Waals surface area contributed by atoms with Gasteiger partial charge in [-0.3, -0.25) is 9.59 Å². The van der Waals surface area contributed by atoms with Crippen LogP contribution in [0.1, 0.15) is 46.4 Å². The van der Waals surface area contributed by atoms with Crippen molar-refractivity contribution in [3.63, 3.8) is 0 Å². The van der Waals surface area contributed by atoms with Crippen LogP contribution in [0.2, 0.25) is 0 Å². The van der Waals surface area contributed by atoms with Crippen LogP contribution < -0.4 is 5.32 Å². The third-order valence-corrected chi connectivity index (χ3v) is 5.81. The highest BCUT2D eigenvalue weighted by atomic mass is 32.1. The van der Waals surface area contributed by atoms with E-state index in [9.17, 15) is 14.0 Å². The lowest BCUT2D eigenvalue weighted by Crippen LogP contribution is -2.39. The highest BCUT2D eigenvalue weighted by Gasteiger charge is 2.36. The van der Waals surface area contributed by atoms with E-state index in [1.54, 1.807) is 6.07 Å². The van der Waals surface area contributed by atoms with E-state index in [0.717, 1.165) is 37.2 Å². The Bertz CT molecular complexity index is 836. The normalized spacial score (nSPS) is 20.0. The van der Waals surface area contributed by atoms with Crippen LogP contribution in [-0.2, 0) is 4.79 Å². The first-order valence-corrected chi connectivity index (χ1v) is 9.61. The van der Waals surface area contributed by atoms with Gasteiger partial charge in [0.25, 0.3) is 5.91 Å². The molecule has 26 heavy (non-hydrogen) atoms. The van der Waals surface area contributed by atoms with Gasteiger partial charge in [-0.2, -0.15) is 0 Å². The fourth-order valence-electron chi connectivity index (χ4n) is 3.21. The standard InChI is InChI=1S/C18H19FN4O2S/c19-13-4-1-5-14(9-13)20-15(24)17-22-21-16(26-17)12-3-2-8-23(10-12)18(25)11-6-7-11/h1,4-5,9,11-12H,2-3,6-8,10H2,(H,20,24)/t12-/m1/s1. The monoisotopic (exact) mass is 374 g/mol. The van der Waals surface area contributed by atoms with E-state index in [4.69, 9.17) is 0 Å². The molecule has 1 N–H and O–H groups in total. The number of hydrogen-bond donors (Lipinski definition) is 1. The molecule has 0 radical (unpaired) electrons. The summed E-state index contributed by atoms with van der Waals surface area (Å²) in [4.78, 5) is 26.5. The smallest absolute Gasteiger partial charge is 0.286 e. The molecule has 2 aliphatic rings. The number of halogens is 1. The molecule has 0 spiro atoms. The highest BCUT2D eigenvalue weighted by molar-refractivity contribution is 7.13. The minimum Gasteiger partial charge on any atom is -0.342 e. The van der Waals surface area contributed by atoms with Crippen LogP contribution in [0.3, 0.4) is 0 Å². The number of carbonyl (C=O) groups excluding carboxylic acids is 2. The van der Waals surface area contributed by atoms with Crippen molar-refractivity contribution in [1.82, 2.24) is 15.1 Å². The maximum atomic E-state index is 13.2. The van der Waals surface area contributed by atoms with Crippen molar-refractivity contribution < 1.29 is 14.0 Å². The molecule has 0 bridgehead atoms. The average molecular weight is 374 g/mol. The predicted molar refractivity (Wildman–Crippen MR) is 95.5 cm³/mol. The summed E-state index contributed by atoms with van der Waals surface area (Å²) in [6.45, 7) is 1.45. The van der Waals surface area contributed by atoms with Gasteiger partial charge in [0, 0.05) is 30.6 Å². The van der Waals surface area contributed by atoms with Gasteiger partial charge >= 0.3 is 0 Å². The molecule has 1 aromatic carbocycles. The number of aromatic nitrogens is 2. The minimum absolute atomic E-state index is 0.125. The van der Waals surface area contributed by atoms with Crippen molar-refractivity contribution in [3.8, 4) is 0 Å². The number of amides is 2. The van der Waals surface area contributed by atoms with Crippen molar-refractivity contribution in [2.24, 2.45) is 5.92 Å². The Hall–Kier alpha value is -2.35. The third-order valence-electron chi connectivity index (χ3n) is 4.73. The molecule has 1 atom stereocenters. The Balaban J connectivity index is 1.42. The molecule has 1 saturated carbocycles. The van der Waals surface area contributed by atoms with Crippen LogP contribution in [-0.4, -0.2) is 40.0 Å². The van der Waals surface area contributed by atoms with Crippen LogP contribution in [0.4, 0.5) is 10.1 Å². The van der Waals surface area contributed by atoms with E-state index < -0.39 is 11.7 Å². The molecule has 1 aromatic heterocycles. The lowest BCUT2D eigenvalue weighted by Gasteiger charge is -2.31. The fourth-order valence-corrected chi connectivity index (χ4v) is 4.07. The third kappa shape index (κ3) is 3.75. The largest absolute Gasteiger partial charge is 0.342 e. The van der Waals surface area contributed by atoms with Gasteiger partial charge in [0.1, 0.15) is 10.8 Å². The van der Waals surface area contributed by atoms with Crippen molar-refractivity contribution in [2.45, 2.75) is 31.6 Å². The van der Waals surface area contributed by atoms with E-state index in [1.165, 1.54) is 29.5 Å². The molecular formula is C18H19FN4O2S. The van der Waals surface area contributed by atoms with Gasteiger partial charge in [-0.15, -0.1) is 10.2 Å². The van der Waals surface area contributed by atoms with Gasteiger partial charge in [-0.05, 0) is 43.9 Å². The summed E-state index contributed by atoms with van der Waals surface area (Å²) in [5.41, 5.74) is 0.380. The molecule has 6 nitrogen and oxygen atoms in total. The zero-order valence-corrected chi connectivity index (χ0v) is 15.0. The molecule has 1 aliphatic heterocycles. The summed E-state index contributed by atoms with van der Waals surface area (Å²) in [5.74, 6) is -0.219. The Morgan fingerprint density at radius 2 is 2.08 bits per heavy atom. The number of nitrogens with zero attached hydrogens (tertiary/aromatic N) is 3. The molecule has 1 saturated heterocycles. The van der Waals surface area contributed by atoms with Gasteiger partial charge in [0.05, 0.1) is 0 Å². The summed E-state index contributed by atoms with van der Waals surface area (Å²) in [6, 6.07) is 5.72. The van der Waals surface area contributed by atoms with Crippen molar-refractivity contribution in [2.75, 3.05) is 18.4 Å². The Morgan fingerprint density at radius 1 is 1.23 bits per heavy atom. The molecule has 2 fully saturated rings. The Labute approximate surface area is 154 Å². The minimum atomic E-state index is -0.414. The maximum absolute atomic E-state index is 13.2. The predicted octanol–water partition coefficient (Wildman–Crippen LogP) is 3.05. The Kier molecular flexibility index (Phi) is 4.67. The van der Waals surface area contributed by atoms with E-state index >= 15 is 0 Å². The molecule has 1 aliphatic carbocycles. The van der Waals surface area contributed by atoms with E-state index in [1.807, 2.05) is 4.90 Å². The molecule has 8 heteroatoms. The quantitative estimate of drug-likeness (QED) is 0.893. The second-order valence-corrected chi connectivity index (χ2v) is 7.82. The van der Waals surface area contributed by atoms with Crippen LogP contribution in [0.15, 0.2) is 24.3 Å². The lowest BCUT2D eigenvalue weighted by atomic mass is 9.98. The molecule has 2 aromatic rings. The summed E-state index contributed by atoms with van der Waals surface area (Å²) in [7, 11) is 0. The first kappa shape index (κ1) is 17.1. The van der Waals surface area contributed by atoms with Crippen molar-refractivity contribution >= 4 is 28.8 Å². The summed E-state index contributed by atoms with van der Waals surface area (Å²) >= 11 is 1.24. The molecule has 136 valence electrons. The molecule has 2 heterocycles. The zero-order chi connectivity index (χ0) is 18.1. The van der Waals surface area contributed by atoms with Gasteiger partial charge < -0.3 is 10.2 Å². The van der Waals surface area contributed by atoms with E-state index in [2.05, 4.69) is 15.5 Å². The van der Waals surface area contributed by atoms with Gasteiger partial charge in [0.2, 0.25) is 10.9 Å². The zero-order valence-electron chi connectivity index (χ0n) is 14.2. The highest BCUT2D eigenvalue weighted by Crippen LogP contribution is 2.35. The summed E-state index contributed by atoms with van der Waals surface area (Å²) in [5, 5.41) is 11.8. The number of anilines is 1. The van der Waals surface area contributed by atoms with E-state index in [0.29, 0.717) is 12.2 Å². The average Bonchev–Trinajstić information content (AvgIpc) is 3.37. The van der Waals surface area contributed by atoms with Gasteiger partial charge in [-0.1, -0.05) is 17.4 Å². The molecular weight excluding hydrogens is 355 g/mol. The molecule has 0 unspecified atom stereocenters. The van der Waals surface area contributed by atoms with Gasteiger partial charge in [0.15, 0.2) is 0 Å². The number of benzene rings is 1. The molecule has 2 amide bonds.